The van der Waals surface area contributed by atoms with E-state index >= 15 is 0 Å². The van der Waals surface area contributed by atoms with Crippen molar-refractivity contribution >= 4 is 0 Å². The summed E-state index contributed by atoms with van der Waals surface area (Å²) < 4.78 is 5.25. The molecule has 0 aliphatic heterocycles. The average molecular weight is 193 g/mol. The van der Waals surface area contributed by atoms with Crippen LogP contribution >= 0.6 is 0 Å². The van der Waals surface area contributed by atoms with Crippen LogP contribution in [0.25, 0.3) is 0 Å². The topological polar surface area (TPSA) is 12.5 Å². The lowest BCUT2D eigenvalue weighted by Gasteiger charge is -2.12. The van der Waals surface area contributed by atoms with Gasteiger partial charge in [-0.1, -0.05) is 24.3 Å². The van der Waals surface area contributed by atoms with E-state index in [1.807, 2.05) is 0 Å². The quantitative estimate of drug-likeness (QED) is 0.728. The van der Waals surface area contributed by atoms with Crippen molar-refractivity contribution in [3.05, 3.63) is 35.4 Å². The lowest BCUT2D eigenvalue weighted by molar-refractivity contribution is 0.119. The van der Waals surface area contributed by atoms with Crippen LogP contribution in [0.2, 0.25) is 0 Å². The molecule has 0 saturated heterocycles. The molecule has 0 fully saturated rings. The Hall–Kier alpha value is -0.860. The molecule has 78 valence electrons. The molecule has 0 saturated carbocycles. The largest absolute Gasteiger partial charge is 0.377 e. The van der Waals surface area contributed by atoms with Gasteiger partial charge in [0.15, 0.2) is 0 Å². The molecular formula is C12H19NO. The molecule has 0 spiro atoms. The number of methoxy groups -OCH3 is 1. The maximum Gasteiger partial charge on any atom is 0.0793 e. The second kappa shape index (κ2) is 5.13. The molecular weight excluding hydrogens is 174 g/mol. The standard InChI is InChI=1S/C12H19NO/c1-10(14-4)12-7-5-11(6-8-12)9-13(2)3/h5-8,10H,9H2,1-4H3. The molecule has 14 heavy (non-hydrogen) atoms. The molecule has 1 aromatic rings. The van der Waals surface area contributed by atoms with Crippen LogP contribution in [0.4, 0.5) is 0 Å². The summed E-state index contributed by atoms with van der Waals surface area (Å²) in [4.78, 5) is 2.16. The van der Waals surface area contributed by atoms with E-state index in [0.717, 1.165) is 6.54 Å². The molecule has 0 aliphatic rings. The van der Waals surface area contributed by atoms with E-state index < -0.39 is 0 Å². The van der Waals surface area contributed by atoms with Crippen LogP contribution in [-0.4, -0.2) is 26.1 Å². The fourth-order valence-corrected chi connectivity index (χ4v) is 1.40. The highest BCUT2D eigenvalue weighted by Gasteiger charge is 2.02. The van der Waals surface area contributed by atoms with Crippen molar-refractivity contribution in [2.24, 2.45) is 0 Å². The van der Waals surface area contributed by atoms with Crippen molar-refractivity contribution in [1.29, 1.82) is 0 Å². The Labute approximate surface area is 86.5 Å². The van der Waals surface area contributed by atoms with E-state index in [2.05, 4.69) is 50.2 Å². The minimum Gasteiger partial charge on any atom is -0.377 e. The summed E-state index contributed by atoms with van der Waals surface area (Å²) in [5.74, 6) is 0. The number of ether oxygens (including phenoxy) is 1. The summed E-state index contributed by atoms with van der Waals surface area (Å²) in [6.07, 6.45) is 0.184. The Kier molecular flexibility index (Phi) is 4.11. The lowest BCUT2D eigenvalue weighted by Crippen LogP contribution is -2.10. The van der Waals surface area contributed by atoms with E-state index in [1.54, 1.807) is 7.11 Å². The number of hydrogen-bond acceptors (Lipinski definition) is 2. The Morgan fingerprint density at radius 3 is 2.21 bits per heavy atom. The maximum atomic E-state index is 5.25. The molecule has 2 heteroatoms. The fourth-order valence-electron chi connectivity index (χ4n) is 1.40. The summed E-state index contributed by atoms with van der Waals surface area (Å²) in [7, 11) is 5.88. The first-order valence-corrected chi connectivity index (χ1v) is 4.90. The second-order valence-electron chi connectivity index (χ2n) is 3.86. The van der Waals surface area contributed by atoms with Gasteiger partial charge in [0.2, 0.25) is 0 Å². The smallest absolute Gasteiger partial charge is 0.0793 e. The Bertz CT molecular complexity index is 266. The Balaban J connectivity index is 2.68. The zero-order valence-corrected chi connectivity index (χ0v) is 9.45. The minimum atomic E-state index is 0.184. The summed E-state index contributed by atoms with van der Waals surface area (Å²) in [5.41, 5.74) is 2.57. The SMILES string of the molecule is COC(C)c1ccc(CN(C)C)cc1. The van der Waals surface area contributed by atoms with Gasteiger partial charge in [0.25, 0.3) is 0 Å². The van der Waals surface area contributed by atoms with Gasteiger partial charge in [-0.25, -0.2) is 0 Å². The number of nitrogens with zero attached hydrogens (tertiary/aromatic N) is 1. The van der Waals surface area contributed by atoms with Crippen molar-refractivity contribution in [2.45, 2.75) is 19.6 Å². The van der Waals surface area contributed by atoms with E-state index in [1.165, 1.54) is 11.1 Å². The third-order valence-corrected chi connectivity index (χ3v) is 2.30. The molecule has 0 aliphatic carbocycles. The van der Waals surface area contributed by atoms with Gasteiger partial charge in [-0.15, -0.1) is 0 Å². The maximum absolute atomic E-state index is 5.25. The monoisotopic (exact) mass is 193 g/mol. The second-order valence-corrected chi connectivity index (χ2v) is 3.86. The molecule has 1 aromatic carbocycles. The van der Waals surface area contributed by atoms with Gasteiger partial charge in [-0.2, -0.15) is 0 Å². The van der Waals surface area contributed by atoms with Gasteiger partial charge >= 0.3 is 0 Å². The van der Waals surface area contributed by atoms with Crippen molar-refractivity contribution in [1.82, 2.24) is 4.90 Å². The highest BCUT2D eigenvalue weighted by atomic mass is 16.5. The van der Waals surface area contributed by atoms with Gasteiger partial charge in [-0.05, 0) is 32.1 Å². The van der Waals surface area contributed by atoms with Crippen LogP contribution in [0.1, 0.15) is 24.2 Å². The number of benzene rings is 1. The predicted molar refractivity (Wildman–Crippen MR) is 59.3 cm³/mol. The summed E-state index contributed by atoms with van der Waals surface area (Å²) in [6.45, 7) is 3.04. The van der Waals surface area contributed by atoms with Crippen LogP contribution in [0.15, 0.2) is 24.3 Å². The van der Waals surface area contributed by atoms with Gasteiger partial charge < -0.3 is 9.64 Å². The van der Waals surface area contributed by atoms with Crippen LogP contribution < -0.4 is 0 Å². The average Bonchev–Trinajstić information content (AvgIpc) is 2.17. The van der Waals surface area contributed by atoms with E-state index in [9.17, 15) is 0 Å². The highest BCUT2D eigenvalue weighted by Crippen LogP contribution is 2.16. The molecule has 0 heterocycles. The summed E-state index contributed by atoms with van der Waals surface area (Å²) >= 11 is 0. The molecule has 1 unspecified atom stereocenters. The zero-order valence-electron chi connectivity index (χ0n) is 9.45. The van der Waals surface area contributed by atoms with Crippen LogP contribution in [-0.2, 0) is 11.3 Å². The molecule has 1 atom stereocenters. The van der Waals surface area contributed by atoms with E-state index in [0.29, 0.717) is 0 Å². The van der Waals surface area contributed by atoms with Crippen molar-refractivity contribution in [3.8, 4) is 0 Å². The van der Waals surface area contributed by atoms with E-state index in [-0.39, 0.29) is 6.10 Å². The summed E-state index contributed by atoms with van der Waals surface area (Å²) in [5, 5.41) is 0. The Morgan fingerprint density at radius 2 is 1.79 bits per heavy atom. The molecule has 0 radical (unpaired) electrons. The first kappa shape index (κ1) is 11.2. The predicted octanol–water partition coefficient (Wildman–Crippen LogP) is 2.46. The third kappa shape index (κ3) is 3.13. The van der Waals surface area contributed by atoms with Gasteiger partial charge in [0.1, 0.15) is 0 Å². The molecule has 0 bridgehead atoms. The van der Waals surface area contributed by atoms with Crippen LogP contribution in [0, 0.1) is 0 Å². The van der Waals surface area contributed by atoms with E-state index in [4.69, 9.17) is 4.74 Å². The normalized spacial score (nSPS) is 13.2. The molecule has 2 nitrogen and oxygen atoms in total. The van der Waals surface area contributed by atoms with Crippen molar-refractivity contribution in [2.75, 3.05) is 21.2 Å². The molecule has 1 rings (SSSR count). The van der Waals surface area contributed by atoms with Crippen molar-refractivity contribution < 1.29 is 4.74 Å². The Morgan fingerprint density at radius 1 is 1.21 bits per heavy atom. The minimum absolute atomic E-state index is 0.184. The number of hydrogen-bond donors (Lipinski definition) is 0. The molecule has 0 N–H and O–H groups in total. The summed E-state index contributed by atoms with van der Waals surface area (Å²) in [6, 6.07) is 8.58. The molecule has 0 amide bonds. The molecule has 0 aromatic heterocycles. The van der Waals surface area contributed by atoms with Crippen molar-refractivity contribution in [3.63, 3.8) is 0 Å². The lowest BCUT2D eigenvalue weighted by atomic mass is 10.1. The highest BCUT2D eigenvalue weighted by molar-refractivity contribution is 5.23. The van der Waals surface area contributed by atoms with Gasteiger partial charge in [0.05, 0.1) is 6.10 Å². The third-order valence-electron chi connectivity index (χ3n) is 2.30. The number of rotatable bonds is 4. The fraction of sp³-hybridized carbons (Fsp3) is 0.500. The zero-order chi connectivity index (χ0) is 10.6. The first-order valence-electron chi connectivity index (χ1n) is 4.90. The van der Waals surface area contributed by atoms with Crippen LogP contribution in [0.3, 0.4) is 0 Å². The van der Waals surface area contributed by atoms with Gasteiger partial charge in [-0.3, -0.25) is 0 Å². The van der Waals surface area contributed by atoms with Crippen LogP contribution in [0.5, 0.6) is 0 Å². The first-order chi connectivity index (χ1) is 6.63. The van der Waals surface area contributed by atoms with Gasteiger partial charge in [0, 0.05) is 13.7 Å².